The molecule has 3 fully saturated rings. The molecule has 3 heteroatoms. The third kappa shape index (κ3) is 0.559. The van der Waals surface area contributed by atoms with Gasteiger partial charge in [-0.1, -0.05) is 0 Å². The Balaban J connectivity index is 1.97. The number of ether oxygens (including phenoxy) is 1. The number of carbonyl (C=O) groups excluding carboxylic acids is 1. The van der Waals surface area contributed by atoms with E-state index in [0.29, 0.717) is 24.3 Å². The second-order valence-corrected chi connectivity index (χ2v) is 4.21. The SMILES string of the molecule is [CH2-]N1C2COCC23CC(=O)CC13. The zero-order valence-corrected chi connectivity index (χ0v) is 6.95. The molecule has 0 N–H and O–H groups in total. The fourth-order valence-corrected chi connectivity index (χ4v) is 3.09. The molecule has 12 heavy (non-hydrogen) atoms. The van der Waals surface area contributed by atoms with Crippen molar-refractivity contribution < 1.29 is 9.53 Å². The molecule has 1 spiro atoms. The number of likely N-dealkylation sites (tertiary alicyclic amines) is 1. The highest BCUT2D eigenvalue weighted by molar-refractivity contribution is 5.84. The monoisotopic (exact) mass is 166 g/mol. The number of nitrogens with zero attached hydrogens (tertiary/aromatic N) is 1. The Bertz CT molecular complexity index is 253. The molecule has 3 unspecified atom stereocenters. The van der Waals surface area contributed by atoms with Crippen molar-refractivity contribution in [1.82, 2.24) is 4.90 Å². The molecular formula is C9H12NO2-. The van der Waals surface area contributed by atoms with Crippen molar-refractivity contribution in [2.75, 3.05) is 13.2 Å². The first-order valence-electron chi connectivity index (χ1n) is 4.42. The second kappa shape index (κ2) is 1.91. The highest BCUT2D eigenvalue weighted by atomic mass is 16.5. The van der Waals surface area contributed by atoms with Crippen LogP contribution < -0.4 is 0 Å². The van der Waals surface area contributed by atoms with Crippen LogP contribution in [-0.2, 0) is 9.53 Å². The van der Waals surface area contributed by atoms with Crippen LogP contribution in [0.1, 0.15) is 12.8 Å². The van der Waals surface area contributed by atoms with E-state index in [9.17, 15) is 4.79 Å². The van der Waals surface area contributed by atoms with Gasteiger partial charge in [0.1, 0.15) is 5.78 Å². The fraction of sp³-hybridized carbons (Fsp3) is 0.778. The van der Waals surface area contributed by atoms with Gasteiger partial charge in [0.15, 0.2) is 0 Å². The minimum Gasteiger partial charge on any atom is -0.451 e. The van der Waals surface area contributed by atoms with E-state index in [2.05, 4.69) is 11.9 Å². The van der Waals surface area contributed by atoms with E-state index in [4.69, 9.17) is 4.74 Å². The van der Waals surface area contributed by atoms with Crippen LogP contribution in [-0.4, -0.2) is 36.0 Å². The van der Waals surface area contributed by atoms with Gasteiger partial charge in [-0.15, -0.1) is 0 Å². The number of Topliss-reactive ketones (excluding diaryl/α,β-unsaturated/α-hetero) is 1. The van der Waals surface area contributed by atoms with Crippen LogP contribution in [0.3, 0.4) is 0 Å². The fourth-order valence-electron chi connectivity index (χ4n) is 3.09. The van der Waals surface area contributed by atoms with E-state index in [0.717, 1.165) is 19.6 Å². The third-order valence-electron chi connectivity index (χ3n) is 3.72. The molecular weight excluding hydrogens is 154 g/mol. The van der Waals surface area contributed by atoms with Gasteiger partial charge in [-0.25, -0.2) is 0 Å². The van der Waals surface area contributed by atoms with Crippen LogP contribution in [0.2, 0.25) is 0 Å². The van der Waals surface area contributed by atoms with Gasteiger partial charge >= 0.3 is 0 Å². The minimum absolute atomic E-state index is 0.179. The lowest BCUT2D eigenvalue weighted by atomic mass is 9.69. The Morgan fingerprint density at radius 3 is 3.25 bits per heavy atom. The highest BCUT2D eigenvalue weighted by Crippen LogP contribution is 2.55. The smallest absolute Gasteiger partial charge is 0.135 e. The Labute approximate surface area is 71.7 Å². The third-order valence-corrected chi connectivity index (χ3v) is 3.72. The summed E-state index contributed by atoms with van der Waals surface area (Å²) in [6, 6.07) is 0.812. The molecule has 3 rings (SSSR count). The topological polar surface area (TPSA) is 29.5 Å². The molecule has 2 heterocycles. The number of ketones is 1. The number of hydrogen-bond acceptors (Lipinski definition) is 3. The normalized spacial score (nSPS) is 51.9. The van der Waals surface area contributed by atoms with Crippen LogP contribution >= 0.6 is 0 Å². The number of hydrogen-bond donors (Lipinski definition) is 0. The summed E-state index contributed by atoms with van der Waals surface area (Å²) < 4.78 is 5.42. The summed E-state index contributed by atoms with van der Waals surface area (Å²) in [5.41, 5.74) is 0.179. The predicted molar refractivity (Wildman–Crippen MR) is 42.3 cm³/mol. The predicted octanol–water partition coefficient (Wildman–Crippen LogP) is 0.210. The summed E-state index contributed by atoms with van der Waals surface area (Å²) in [5, 5.41) is 0. The quantitative estimate of drug-likeness (QED) is 0.482. The van der Waals surface area contributed by atoms with Gasteiger partial charge < -0.3 is 9.64 Å². The van der Waals surface area contributed by atoms with Crippen molar-refractivity contribution in [3.05, 3.63) is 7.05 Å². The van der Waals surface area contributed by atoms with E-state index < -0.39 is 0 Å². The van der Waals surface area contributed by atoms with Crippen LogP contribution in [0.5, 0.6) is 0 Å². The summed E-state index contributed by atoms with van der Waals surface area (Å²) in [4.78, 5) is 13.3. The Morgan fingerprint density at radius 2 is 2.42 bits per heavy atom. The lowest BCUT2D eigenvalue weighted by Gasteiger charge is -2.60. The summed E-state index contributed by atoms with van der Waals surface area (Å²) in [7, 11) is 3.96. The van der Waals surface area contributed by atoms with Gasteiger partial charge in [-0.2, -0.15) is 0 Å². The molecule has 1 aliphatic carbocycles. The molecule has 3 aliphatic rings. The van der Waals surface area contributed by atoms with E-state index in [1.807, 2.05) is 0 Å². The lowest BCUT2D eigenvalue weighted by Crippen LogP contribution is -2.66. The van der Waals surface area contributed by atoms with Gasteiger partial charge in [0, 0.05) is 24.3 Å². The molecule has 0 amide bonds. The maximum absolute atomic E-state index is 11.3. The van der Waals surface area contributed by atoms with Crippen molar-refractivity contribution in [2.24, 2.45) is 5.41 Å². The molecule has 66 valence electrons. The average Bonchev–Trinajstić information content (AvgIpc) is 2.54. The molecule has 0 aromatic carbocycles. The molecule has 0 aromatic heterocycles. The van der Waals surface area contributed by atoms with Crippen molar-refractivity contribution >= 4 is 5.78 Å². The van der Waals surface area contributed by atoms with E-state index >= 15 is 0 Å². The van der Waals surface area contributed by atoms with Crippen LogP contribution in [0.25, 0.3) is 0 Å². The number of rotatable bonds is 0. The first kappa shape index (κ1) is 7.04. The van der Waals surface area contributed by atoms with Crippen molar-refractivity contribution in [2.45, 2.75) is 24.9 Å². The van der Waals surface area contributed by atoms with Crippen LogP contribution in [0.4, 0.5) is 0 Å². The Morgan fingerprint density at radius 1 is 1.58 bits per heavy atom. The number of carbonyl (C=O) groups is 1. The lowest BCUT2D eigenvalue weighted by molar-refractivity contribution is -0.118. The maximum atomic E-state index is 11.3. The standard InChI is InChI=1S/C9H12NO2/c1-10-7-2-6(11)3-9(7)5-12-4-8(9)10/h7-8H,1-5H2/q-1. The Hall–Kier alpha value is -0.410. The molecule has 0 radical (unpaired) electrons. The highest BCUT2D eigenvalue weighted by Gasteiger charge is 2.63. The molecule has 3 nitrogen and oxygen atoms in total. The zero-order chi connectivity index (χ0) is 8.34. The summed E-state index contributed by atoms with van der Waals surface area (Å²) in [6.45, 7) is 1.55. The Kier molecular flexibility index (Phi) is 1.12. The van der Waals surface area contributed by atoms with Crippen molar-refractivity contribution in [1.29, 1.82) is 0 Å². The van der Waals surface area contributed by atoms with E-state index in [-0.39, 0.29) is 5.41 Å². The molecule has 0 bridgehead atoms. The van der Waals surface area contributed by atoms with Gasteiger partial charge in [0.2, 0.25) is 0 Å². The second-order valence-electron chi connectivity index (χ2n) is 4.21. The molecule has 2 saturated heterocycles. The van der Waals surface area contributed by atoms with Crippen LogP contribution in [0.15, 0.2) is 0 Å². The molecule has 0 aromatic rings. The first-order valence-corrected chi connectivity index (χ1v) is 4.42. The molecule has 3 atom stereocenters. The molecule has 2 aliphatic heterocycles. The first-order chi connectivity index (χ1) is 5.74. The van der Waals surface area contributed by atoms with Gasteiger partial charge in [0.05, 0.1) is 13.2 Å². The molecule has 1 saturated carbocycles. The zero-order valence-electron chi connectivity index (χ0n) is 6.95. The minimum atomic E-state index is 0.179. The van der Waals surface area contributed by atoms with E-state index in [1.54, 1.807) is 0 Å². The maximum Gasteiger partial charge on any atom is 0.135 e. The van der Waals surface area contributed by atoms with E-state index in [1.165, 1.54) is 0 Å². The summed E-state index contributed by atoms with van der Waals surface area (Å²) >= 11 is 0. The van der Waals surface area contributed by atoms with Crippen molar-refractivity contribution in [3.8, 4) is 0 Å². The van der Waals surface area contributed by atoms with Gasteiger partial charge in [-0.3, -0.25) is 11.8 Å². The van der Waals surface area contributed by atoms with Crippen LogP contribution in [0, 0.1) is 12.5 Å². The largest absolute Gasteiger partial charge is 0.451 e. The van der Waals surface area contributed by atoms with Crippen molar-refractivity contribution in [3.63, 3.8) is 0 Å². The van der Waals surface area contributed by atoms with Gasteiger partial charge in [-0.05, 0) is 6.04 Å². The summed E-state index contributed by atoms with van der Waals surface area (Å²) in [5.74, 6) is 0.390. The average molecular weight is 166 g/mol. The summed E-state index contributed by atoms with van der Waals surface area (Å²) in [6.07, 6.45) is 1.43. The van der Waals surface area contributed by atoms with Gasteiger partial charge in [0.25, 0.3) is 0 Å².